The maximum absolute atomic E-state index is 12.6. The lowest BCUT2D eigenvalue weighted by Gasteiger charge is -2.21. The second kappa shape index (κ2) is 7.57. The minimum atomic E-state index is -3.63. The Morgan fingerprint density at radius 3 is 2.17 bits per heavy atom. The molecule has 6 heteroatoms. The minimum absolute atomic E-state index is 0.246. The lowest BCUT2D eigenvalue weighted by molar-refractivity contribution is 0.414. The fraction of sp³-hybridized carbons (Fsp3) is 0.333. The zero-order valence-electron chi connectivity index (χ0n) is 14.5. The molecule has 5 nitrogen and oxygen atoms in total. The van der Waals surface area contributed by atoms with Gasteiger partial charge in [-0.3, -0.25) is 4.72 Å². The number of sulfonamides is 1. The van der Waals surface area contributed by atoms with Crippen LogP contribution in [0.2, 0.25) is 0 Å². The molecule has 130 valence electrons. The van der Waals surface area contributed by atoms with E-state index in [4.69, 9.17) is 4.74 Å². The van der Waals surface area contributed by atoms with Crippen LogP contribution in [0.15, 0.2) is 47.4 Å². The van der Waals surface area contributed by atoms with Crippen molar-refractivity contribution in [2.24, 2.45) is 0 Å². The molecule has 2 aromatic rings. The van der Waals surface area contributed by atoms with Gasteiger partial charge in [-0.05, 0) is 68.8 Å². The second-order valence-electron chi connectivity index (χ2n) is 5.46. The Labute approximate surface area is 144 Å². The number of nitrogens with zero attached hydrogens (tertiary/aromatic N) is 1. The Hall–Kier alpha value is -2.21. The zero-order valence-corrected chi connectivity index (χ0v) is 15.4. The number of nitrogens with one attached hydrogen (secondary N) is 1. The van der Waals surface area contributed by atoms with Crippen molar-refractivity contribution in [1.29, 1.82) is 0 Å². The third-order valence-electron chi connectivity index (χ3n) is 3.92. The molecule has 0 aliphatic heterocycles. The van der Waals surface area contributed by atoms with E-state index in [0.29, 0.717) is 17.0 Å². The third-order valence-corrected chi connectivity index (χ3v) is 5.46. The van der Waals surface area contributed by atoms with E-state index in [1.165, 1.54) is 0 Å². The van der Waals surface area contributed by atoms with Gasteiger partial charge in [0.15, 0.2) is 0 Å². The molecule has 0 fully saturated rings. The Bertz CT molecular complexity index is 782. The van der Waals surface area contributed by atoms with Crippen molar-refractivity contribution in [1.82, 2.24) is 0 Å². The van der Waals surface area contributed by atoms with Gasteiger partial charge >= 0.3 is 0 Å². The maximum atomic E-state index is 12.6. The van der Waals surface area contributed by atoms with E-state index < -0.39 is 10.0 Å². The van der Waals surface area contributed by atoms with Gasteiger partial charge in [-0.1, -0.05) is 0 Å². The van der Waals surface area contributed by atoms with Crippen molar-refractivity contribution < 1.29 is 13.2 Å². The molecular weight excluding hydrogens is 324 g/mol. The van der Waals surface area contributed by atoms with Crippen LogP contribution in [-0.2, 0) is 10.0 Å². The molecule has 0 amide bonds. The van der Waals surface area contributed by atoms with Gasteiger partial charge in [0.2, 0.25) is 0 Å². The zero-order chi connectivity index (χ0) is 17.7. The van der Waals surface area contributed by atoms with Gasteiger partial charge in [0, 0.05) is 24.5 Å². The molecule has 0 heterocycles. The first-order chi connectivity index (χ1) is 11.4. The van der Waals surface area contributed by atoms with E-state index in [9.17, 15) is 8.42 Å². The quantitative estimate of drug-likeness (QED) is 0.830. The number of benzene rings is 2. The lowest BCUT2D eigenvalue weighted by Crippen LogP contribution is -2.21. The monoisotopic (exact) mass is 348 g/mol. The van der Waals surface area contributed by atoms with Crippen LogP contribution in [-0.4, -0.2) is 28.6 Å². The molecule has 0 bridgehead atoms. The SMILES string of the molecule is CCN(CC)c1ccc(NS(=O)(=O)c2ccc(OC)cc2C)cc1. The van der Waals surface area contributed by atoms with E-state index in [-0.39, 0.29) is 4.90 Å². The molecule has 0 radical (unpaired) electrons. The second-order valence-corrected chi connectivity index (χ2v) is 7.11. The summed E-state index contributed by atoms with van der Waals surface area (Å²) in [6, 6.07) is 12.3. The minimum Gasteiger partial charge on any atom is -0.497 e. The van der Waals surface area contributed by atoms with Gasteiger partial charge in [-0.2, -0.15) is 0 Å². The summed E-state index contributed by atoms with van der Waals surface area (Å²) < 4.78 is 32.9. The summed E-state index contributed by atoms with van der Waals surface area (Å²) in [5.74, 6) is 0.634. The van der Waals surface area contributed by atoms with Crippen LogP contribution in [0.1, 0.15) is 19.4 Å². The predicted octanol–water partition coefficient (Wildman–Crippen LogP) is 3.65. The summed E-state index contributed by atoms with van der Waals surface area (Å²) in [6.45, 7) is 7.75. The van der Waals surface area contributed by atoms with E-state index >= 15 is 0 Å². The third kappa shape index (κ3) is 4.00. The van der Waals surface area contributed by atoms with Crippen LogP contribution in [0.5, 0.6) is 5.75 Å². The standard InChI is InChI=1S/C18H24N2O3S/c1-5-20(6-2)16-9-7-15(8-10-16)19-24(21,22)18-12-11-17(23-4)13-14(18)3/h7-13,19H,5-6H2,1-4H3. The molecule has 1 N–H and O–H groups in total. The molecule has 0 spiro atoms. The first kappa shape index (κ1) is 18.1. The largest absolute Gasteiger partial charge is 0.497 e. The van der Waals surface area contributed by atoms with Gasteiger partial charge in [0.05, 0.1) is 12.0 Å². The molecular formula is C18H24N2O3S. The number of aryl methyl sites for hydroxylation is 1. The van der Waals surface area contributed by atoms with Gasteiger partial charge in [0.1, 0.15) is 5.75 Å². The van der Waals surface area contributed by atoms with Crippen LogP contribution >= 0.6 is 0 Å². The van der Waals surface area contributed by atoms with Crippen LogP contribution in [0.3, 0.4) is 0 Å². The normalized spacial score (nSPS) is 11.2. The van der Waals surface area contributed by atoms with Crippen LogP contribution < -0.4 is 14.4 Å². The van der Waals surface area contributed by atoms with Gasteiger partial charge in [-0.15, -0.1) is 0 Å². The van der Waals surface area contributed by atoms with Crippen molar-refractivity contribution in [2.75, 3.05) is 29.8 Å². The van der Waals surface area contributed by atoms with E-state index in [1.807, 2.05) is 12.1 Å². The Morgan fingerprint density at radius 1 is 1.04 bits per heavy atom. The molecule has 0 saturated heterocycles. The van der Waals surface area contributed by atoms with Crippen molar-refractivity contribution in [3.63, 3.8) is 0 Å². The molecule has 0 aliphatic rings. The average Bonchev–Trinajstić information content (AvgIpc) is 2.56. The molecule has 0 aromatic heterocycles. The Kier molecular flexibility index (Phi) is 5.72. The first-order valence-electron chi connectivity index (χ1n) is 7.93. The van der Waals surface area contributed by atoms with E-state index in [0.717, 1.165) is 18.8 Å². The first-order valence-corrected chi connectivity index (χ1v) is 9.42. The number of rotatable bonds is 7. The fourth-order valence-electron chi connectivity index (χ4n) is 2.59. The van der Waals surface area contributed by atoms with Gasteiger partial charge < -0.3 is 9.64 Å². The molecule has 0 aliphatic carbocycles. The molecule has 0 atom stereocenters. The maximum Gasteiger partial charge on any atom is 0.262 e. The van der Waals surface area contributed by atoms with Crippen molar-refractivity contribution in [3.05, 3.63) is 48.0 Å². The summed E-state index contributed by atoms with van der Waals surface area (Å²) >= 11 is 0. The number of hydrogen-bond acceptors (Lipinski definition) is 4. The molecule has 24 heavy (non-hydrogen) atoms. The van der Waals surface area contributed by atoms with Crippen molar-refractivity contribution in [2.45, 2.75) is 25.7 Å². The summed E-state index contributed by atoms with van der Waals surface area (Å²) in [7, 11) is -2.08. The lowest BCUT2D eigenvalue weighted by atomic mass is 10.2. The number of hydrogen-bond donors (Lipinski definition) is 1. The number of anilines is 2. The van der Waals surface area contributed by atoms with Crippen LogP contribution in [0.4, 0.5) is 11.4 Å². The summed E-state index contributed by atoms with van der Waals surface area (Å²) in [4.78, 5) is 2.45. The molecule has 2 rings (SSSR count). The van der Waals surface area contributed by atoms with Crippen LogP contribution in [0.25, 0.3) is 0 Å². The Balaban J connectivity index is 2.23. The number of methoxy groups -OCH3 is 1. The predicted molar refractivity (Wildman–Crippen MR) is 98.5 cm³/mol. The number of ether oxygens (including phenoxy) is 1. The van der Waals surface area contributed by atoms with Crippen molar-refractivity contribution >= 4 is 21.4 Å². The van der Waals surface area contributed by atoms with Gasteiger partial charge in [-0.25, -0.2) is 8.42 Å². The van der Waals surface area contributed by atoms with E-state index in [2.05, 4.69) is 23.5 Å². The highest BCUT2D eigenvalue weighted by atomic mass is 32.2. The summed E-state index contributed by atoms with van der Waals surface area (Å²) in [5.41, 5.74) is 2.26. The summed E-state index contributed by atoms with van der Waals surface area (Å²) in [6.07, 6.45) is 0. The highest BCUT2D eigenvalue weighted by molar-refractivity contribution is 7.92. The van der Waals surface area contributed by atoms with Gasteiger partial charge in [0.25, 0.3) is 10.0 Å². The van der Waals surface area contributed by atoms with Crippen molar-refractivity contribution in [3.8, 4) is 5.75 Å². The van der Waals surface area contributed by atoms with E-state index in [1.54, 1.807) is 44.4 Å². The molecule has 2 aromatic carbocycles. The smallest absolute Gasteiger partial charge is 0.262 e. The fourth-order valence-corrected chi connectivity index (χ4v) is 3.88. The Morgan fingerprint density at radius 2 is 1.67 bits per heavy atom. The topological polar surface area (TPSA) is 58.6 Å². The highest BCUT2D eigenvalue weighted by Crippen LogP contribution is 2.24. The molecule has 0 saturated carbocycles. The van der Waals surface area contributed by atoms with Crippen LogP contribution in [0, 0.1) is 6.92 Å². The average molecular weight is 348 g/mol. The summed E-state index contributed by atoms with van der Waals surface area (Å²) in [5, 5.41) is 0. The highest BCUT2D eigenvalue weighted by Gasteiger charge is 2.17. The molecule has 0 unspecified atom stereocenters.